The summed E-state index contributed by atoms with van der Waals surface area (Å²) in [4.78, 5) is 0. The SMILES string of the molecule is CCC(O)C(O)CC(C)c1cc(Cl)c(C)cc1OC. The van der Waals surface area contributed by atoms with E-state index in [1.165, 1.54) is 0 Å². The maximum absolute atomic E-state index is 9.91. The third kappa shape index (κ3) is 4.10. The van der Waals surface area contributed by atoms with Crippen LogP contribution in [-0.2, 0) is 0 Å². The van der Waals surface area contributed by atoms with Crippen molar-refractivity contribution in [1.29, 1.82) is 0 Å². The molecule has 0 aliphatic carbocycles. The van der Waals surface area contributed by atoms with Crippen LogP contribution >= 0.6 is 11.6 Å². The van der Waals surface area contributed by atoms with Gasteiger partial charge in [0, 0.05) is 5.02 Å². The zero-order chi connectivity index (χ0) is 14.6. The van der Waals surface area contributed by atoms with Crippen LogP contribution in [0.15, 0.2) is 12.1 Å². The Kier molecular flexibility index (Phi) is 6.11. The Hall–Kier alpha value is -0.770. The van der Waals surface area contributed by atoms with Crippen LogP contribution in [0.5, 0.6) is 5.75 Å². The number of ether oxygens (including phenoxy) is 1. The van der Waals surface area contributed by atoms with Crippen LogP contribution in [-0.4, -0.2) is 29.5 Å². The standard InChI is InChI=1S/C15H23ClO3/c1-5-13(17)14(18)6-9(2)11-8-12(16)10(3)7-15(11)19-4/h7-9,13-14,17-18H,5-6H2,1-4H3. The molecule has 3 atom stereocenters. The fourth-order valence-electron chi connectivity index (χ4n) is 2.15. The molecular weight excluding hydrogens is 264 g/mol. The maximum Gasteiger partial charge on any atom is 0.122 e. The quantitative estimate of drug-likeness (QED) is 0.844. The molecular formula is C15H23ClO3. The van der Waals surface area contributed by atoms with E-state index in [-0.39, 0.29) is 5.92 Å². The topological polar surface area (TPSA) is 49.7 Å². The molecule has 19 heavy (non-hydrogen) atoms. The number of aliphatic hydroxyl groups excluding tert-OH is 2. The van der Waals surface area contributed by atoms with E-state index >= 15 is 0 Å². The number of halogens is 1. The predicted octanol–water partition coefficient (Wildman–Crippen LogP) is 3.28. The zero-order valence-corrected chi connectivity index (χ0v) is 12.7. The molecule has 3 unspecified atom stereocenters. The van der Waals surface area contributed by atoms with Crippen molar-refractivity contribution in [3.8, 4) is 5.75 Å². The van der Waals surface area contributed by atoms with E-state index < -0.39 is 12.2 Å². The summed E-state index contributed by atoms with van der Waals surface area (Å²) in [5.74, 6) is 0.830. The molecule has 0 bridgehead atoms. The number of hydrogen-bond acceptors (Lipinski definition) is 3. The van der Waals surface area contributed by atoms with Gasteiger partial charge < -0.3 is 14.9 Å². The Balaban J connectivity index is 2.92. The van der Waals surface area contributed by atoms with Crippen LogP contribution in [0.25, 0.3) is 0 Å². The minimum Gasteiger partial charge on any atom is -0.496 e. The highest BCUT2D eigenvalue weighted by molar-refractivity contribution is 6.31. The Morgan fingerprint density at radius 2 is 1.89 bits per heavy atom. The van der Waals surface area contributed by atoms with Gasteiger partial charge in [0.15, 0.2) is 0 Å². The summed E-state index contributed by atoms with van der Waals surface area (Å²) < 4.78 is 5.37. The van der Waals surface area contributed by atoms with Crippen molar-refractivity contribution in [2.45, 2.75) is 51.7 Å². The molecule has 0 saturated heterocycles. The average molecular weight is 287 g/mol. The molecule has 4 heteroatoms. The highest BCUT2D eigenvalue weighted by Gasteiger charge is 2.21. The lowest BCUT2D eigenvalue weighted by Gasteiger charge is -2.22. The maximum atomic E-state index is 9.91. The van der Waals surface area contributed by atoms with Crippen molar-refractivity contribution in [3.63, 3.8) is 0 Å². The Bertz CT molecular complexity index is 420. The number of hydrogen-bond donors (Lipinski definition) is 2. The van der Waals surface area contributed by atoms with Crippen molar-refractivity contribution in [2.75, 3.05) is 7.11 Å². The van der Waals surface area contributed by atoms with Gasteiger partial charge in [0.1, 0.15) is 5.75 Å². The molecule has 0 aliphatic rings. The van der Waals surface area contributed by atoms with E-state index in [0.717, 1.165) is 16.9 Å². The molecule has 3 nitrogen and oxygen atoms in total. The highest BCUT2D eigenvalue weighted by atomic mass is 35.5. The van der Waals surface area contributed by atoms with Crippen molar-refractivity contribution < 1.29 is 14.9 Å². The van der Waals surface area contributed by atoms with Crippen molar-refractivity contribution >= 4 is 11.6 Å². The van der Waals surface area contributed by atoms with Gasteiger partial charge in [-0.1, -0.05) is 25.4 Å². The van der Waals surface area contributed by atoms with Crippen LogP contribution in [0.2, 0.25) is 5.02 Å². The molecule has 1 aromatic carbocycles. The van der Waals surface area contributed by atoms with Crippen molar-refractivity contribution in [3.05, 3.63) is 28.3 Å². The number of aryl methyl sites for hydroxylation is 1. The van der Waals surface area contributed by atoms with Crippen LogP contribution < -0.4 is 4.74 Å². The van der Waals surface area contributed by atoms with Gasteiger partial charge >= 0.3 is 0 Å². The average Bonchev–Trinajstić information content (AvgIpc) is 2.39. The van der Waals surface area contributed by atoms with Gasteiger partial charge in [0.05, 0.1) is 19.3 Å². The third-order valence-corrected chi connectivity index (χ3v) is 3.91. The Labute approximate surface area is 120 Å². The molecule has 108 valence electrons. The molecule has 0 fully saturated rings. The summed E-state index contributed by atoms with van der Waals surface area (Å²) in [6.07, 6.45) is -0.399. The van der Waals surface area contributed by atoms with Crippen molar-refractivity contribution in [2.24, 2.45) is 0 Å². The Morgan fingerprint density at radius 1 is 1.26 bits per heavy atom. The van der Waals surface area contributed by atoms with E-state index in [2.05, 4.69) is 0 Å². The molecule has 0 heterocycles. The summed E-state index contributed by atoms with van der Waals surface area (Å²) in [5, 5.41) is 20.2. The fourth-order valence-corrected chi connectivity index (χ4v) is 2.32. The monoisotopic (exact) mass is 286 g/mol. The van der Waals surface area contributed by atoms with Gasteiger partial charge in [-0.15, -0.1) is 0 Å². The van der Waals surface area contributed by atoms with Gasteiger partial charge in [-0.3, -0.25) is 0 Å². The molecule has 0 radical (unpaired) electrons. The van der Waals surface area contributed by atoms with Crippen LogP contribution in [0.1, 0.15) is 43.7 Å². The number of aliphatic hydroxyl groups is 2. The molecule has 0 spiro atoms. The smallest absolute Gasteiger partial charge is 0.122 e. The van der Waals surface area contributed by atoms with E-state index in [4.69, 9.17) is 16.3 Å². The number of methoxy groups -OCH3 is 1. The summed E-state index contributed by atoms with van der Waals surface area (Å²) in [6, 6.07) is 3.78. The molecule has 1 rings (SSSR count). The second-order valence-electron chi connectivity index (χ2n) is 5.02. The summed E-state index contributed by atoms with van der Waals surface area (Å²) in [7, 11) is 1.62. The van der Waals surface area contributed by atoms with E-state index in [1.54, 1.807) is 7.11 Å². The van der Waals surface area contributed by atoms with E-state index in [1.807, 2.05) is 32.9 Å². The van der Waals surface area contributed by atoms with Crippen LogP contribution in [0, 0.1) is 6.92 Å². The third-order valence-electron chi connectivity index (χ3n) is 3.50. The van der Waals surface area contributed by atoms with Crippen LogP contribution in [0.3, 0.4) is 0 Å². The summed E-state index contributed by atoms with van der Waals surface area (Å²) >= 11 is 6.15. The zero-order valence-electron chi connectivity index (χ0n) is 12.0. The van der Waals surface area contributed by atoms with Gasteiger partial charge in [0.25, 0.3) is 0 Å². The molecule has 2 N–H and O–H groups in total. The van der Waals surface area contributed by atoms with E-state index in [9.17, 15) is 10.2 Å². The predicted molar refractivity (Wildman–Crippen MR) is 78.1 cm³/mol. The molecule has 0 aliphatic heterocycles. The van der Waals surface area contributed by atoms with Gasteiger partial charge in [0.2, 0.25) is 0 Å². The normalized spacial score (nSPS) is 15.9. The first kappa shape index (κ1) is 16.3. The molecule has 0 aromatic heterocycles. The highest BCUT2D eigenvalue weighted by Crippen LogP contribution is 2.34. The van der Waals surface area contributed by atoms with Crippen molar-refractivity contribution in [1.82, 2.24) is 0 Å². The largest absolute Gasteiger partial charge is 0.496 e. The minimum absolute atomic E-state index is 0.0595. The second-order valence-corrected chi connectivity index (χ2v) is 5.43. The Morgan fingerprint density at radius 3 is 2.42 bits per heavy atom. The number of rotatable bonds is 6. The van der Waals surface area contributed by atoms with Crippen LogP contribution in [0.4, 0.5) is 0 Å². The summed E-state index contributed by atoms with van der Waals surface area (Å²) in [6.45, 7) is 5.77. The minimum atomic E-state index is -0.732. The summed E-state index contributed by atoms with van der Waals surface area (Å²) in [5.41, 5.74) is 1.92. The molecule has 1 aromatic rings. The number of benzene rings is 1. The van der Waals surface area contributed by atoms with Gasteiger partial charge in [-0.25, -0.2) is 0 Å². The lowest BCUT2D eigenvalue weighted by atomic mass is 9.91. The van der Waals surface area contributed by atoms with E-state index in [0.29, 0.717) is 17.9 Å². The lowest BCUT2D eigenvalue weighted by molar-refractivity contribution is 0.00944. The molecule has 0 amide bonds. The van der Waals surface area contributed by atoms with Gasteiger partial charge in [-0.2, -0.15) is 0 Å². The fraction of sp³-hybridized carbons (Fsp3) is 0.600. The second kappa shape index (κ2) is 7.13. The lowest BCUT2D eigenvalue weighted by Crippen LogP contribution is -2.26. The first-order chi connectivity index (χ1) is 8.90. The first-order valence-corrected chi connectivity index (χ1v) is 6.98. The first-order valence-electron chi connectivity index (χ1n) is 6.60. The van der Waals surface area contributed by atoms with Gasteiger partial charge in [-0.05, 0) is 48.9 Å². The molecule has 0 saturated carbocycles.